The Labute approximate surface area is 211 Å². The van der Waals surface area contributed by atoms with Crippen LogP contribution in [0.1, 0.15) is 11.1 Å². The van der Waals surface area contributed by atoms with Crippen LogP contribution < -0.4 is 0 Å². The summed E-state index contributed by atoms with van der Waals surface area (Å²) in [4.78, 5) is 1.12. The average molecular weight is 481 g/mol. The number of thioether (sulfide) groups is 1. The molecule has 176 valence electrons. The molecule has 1 aliphatic rings. The predicted molar refractivity (Wildman–Crippen MR) is 143 cm³/mol. The van der Waals surface area contributed by atoms with E-state index in [4.69, 9.17) is 14.2 Å². The molecule has 0 saturated heterocycles. The second kappa shape index (κ2) is 11.4. The summed E-state index contributed by atoms with van der Waals surface area (Å²) in [7, 11) is 0. The van der Waals surface area contributed by atoms with E-state index in [9.17, 15) is 0 Å². The Kier molecular flexibility index (Phi) is 7.64. The van der Waals surface area contributed by atoms with Crippen LogP contribution in [0.5, 0.6) is 0 Å². The van der Waals surface area contributed by atoms with Gasteiger partial charge in [-0.05, 0) is 52.3 Å². The van der Waals surface area contributed by atoms with E-state index in [0.29, 0.717) is 19.0 Å². The monoisotopic (exact) mass is 480 g/mol. The van der Waals surface area contributed by atoms with Gasteiger partial charge in [0.1, 0.15) is 18.0 Å². The van der Waals surface area contributed by atoms with Crippen LogP contribution >= 0.6 is 11.8 Å². The Morgan fingerprint density at radius 3 is 2.20 bits per heavy atom. The summed E-state index contributed by atoms with van der Waals surface area (Å²) in [6, 6.07) is 35.2. The molecule has 0 aromatic heterocycles. The van der Waals surface area contributed by atoms with Gasteiger partial charge >= 0.3 is 0 Å². The van der Waals surface area contributed by atoms with Crippen LogP contribution in [0.4, 0.5) is 0 Å². The third kappa shape index (κ3) is 6.04. The minimum Gasteiger partial charge on any atom is -0.477 e. The molecule has 1 aliphatic heterocycles. The molecule has 35 heavy (non-hydrogen) atoms. The highest BCUT2D eigenvalue weighted by atomic mass is 32.2. The van der Waals surface area contributed by atoms with Gasteiger partial charge in [-0.25, -0.2) is 0 Å². The van der Waals surface area contributed by atoms with Gasteiger partial charge in [-0.15, -0.1) is 0 Å². The minimum atomic E-state index is -0.301. The lowest BCUT2D eigenvalue weighted by atomic mass is 10.1. The van der Waals surface area contributed by atoms with Crippen molar-refractivity contribution in [3.05, 3.63) is 139 Å². The maximum atomic E-state index is 6.48. The predicted octanol–water partition coefficient (Wildman–Crippen LogP) is 7.53. The van der Waals surface area contributed by atoms with Crippen molar-refractivity contribution in [3.63, 3.8) is 0 Å². The van der Waals surface area contributed by atoms with Gasteiger partial charge in [-0.2, -0.15) is 0 Å². The quantitative estimate of drug-likeness (QED) is 0.247. The zero-order valence-electron chi connectivity index (χ0n) is 19.5. The van der Waals surface area contributed by atoms with Gasteiger partial charge in [-0.1, -0.05) is 103 Å². The third-order valence-corrected chi connectivity index (χ3v) is 7.05. The van der Waals surface area contributed by atoms with E-state index in [2.05, 4.69) is 73.3 Å². The van der Waals surface area contributed by atoms with E-state index in [0.717, 1.165) is 16.0 Å². The number of benzene rings is 4. The van der Waals surface area contributed by atoms with Crippen molar-refractivity contribution in [2.45, 2.75) is 35.8 Å². The average Bonchev–Trinajstić information content (AvgIpc) is 2.92. The molecule has 5 rings (SSSR count). The SMILES string of the molecule is C=CC1=C[C@H](OCc2ccc3ccccc3c2)[C@H](OCc2ccccc2)[C@@H](Sc2ccccc2)O1. The van der Waals surface area contributed by atoms with Crippen LogP contribution in [0.3, 0.4) is 0 Å². The van der Waals surface area contributed by atoms with Crippen molar-refractivity contribution >= 4 is 22.5 Å². The minimum absolute atomic E-state index is 0.277. The Balaban J connectivity index is 1.38. The fraction of sp³-hybridized carbons (Fsp3) is 0.161. The highest BCUT2D eigenvalue weighted by Crippen LogP contribution is 2.35. The molecule has 3 atom stereocenters. The lowest BCUT2D eigenvalue weighted by Gasteiger charge is -2.36. The zero-order chi connectivity index (χ0) is 23.9. The van der Waals surface area contributed by atoms with Crippen LogP contribution in [0, 0.1) is 0 Å². The molecular formula is C31H28O3S. The van der Waals surface area contributed by atoms with Crippen molar-refractivity contribution in [3.8, 4) is 0 Å². The van der Waals surface area contributed by atoms with Crippen LogP contribution in [0.25, 0.3) is 10.8 Å². The molecular weight excluding hydrogens is 452 g/mol. The summed E-state index contributed by atoms with van der Waals surface area (Å²) < 4.78 is 19.2. The summed E-state index contributed by atoms with van der Waals surface area (Å²) in [6.07, 6.45) is 3.13. The fourth-order valence-corrected chi connectivity index (χ4v) is 5.21. The largest absolute Gasteiger partial charge is 0.477 e. The summed E-state index contributed by atoms with van der Waals surface area (Å²) in [5, 5.41) is 2.43. The Morgan fingerprint density at radius 1 is 0.743 bits per heavy atom. The van der Waals surface area contributed by atoms with E-state index < -0.39 is 0 Å². The van der Waals surface area contributed by atoms with Crippen molar-refractivity contribution in [1.82, 2.24) is 0 Å². The first kappa shape index (κ1) is 23.4. The number of hydrogen-bond donors (Lipinski definition) is 0. The molecule has 0 amide bonds. The molecule has 4 aromatic rings. The molecule has 0 aliphatic carbocycles. The van der Waals surface area contributed by atoms with Gasteiger partial charge in [0.2, 0.25) is 0 Å². The number of hydrogen-bond acceptors (Lipinski definition) is 4. The Bertz CT molecular complexity index is 1290. The second-order valence-corrected chi connectivity index (χ2v) is 9.58. The van der Waals surface area contributed by atoms with E-state index in [1.165, 1.54) is 10.8 Å². The number of allylic oxidation sites excluding steroid dienone is 1. The number of fused-ring (bicyclic) bond motifs is 1. The molecule has 1 heterocycles. The molecule has 0 saturated carbocycles. The van der Waals surface area contributed by atoms with Gasteiger partial charge in [0.25, 0.3) is 0 Å². The van der Waals surface area contributed by atoms with Gasteiger partial charge in [0.15, 0.2) is 5.44 Å². The first-order valence-corrected chi connectivity index (χ1v) is 12.6. The van der Waals surface area contributed by atoms with Gasteiger partial charge in [0, 0.05) is 4.90 Å². The molecule has 4 aromatic carbocycles. The highest BCUT2D eigenvalue weighted by molar-refractivity contribution is 7.99. The maximum absolute atomic E-state index is 6.48. The van der Waals surface area contributed by atoms with Crippen LogP contribution in [0.2, 0.25) is 0 Å². The zero-order valence-corrected chi connectivity index (χ0v) is 20.3. The number of ether oxygens (including phenoxy) is 3. The Morgan fingerprint density at radius 2 is 1.43 bits per heavy atom. The third-order valence-electron chi connectivity index (χ3n) is 5.91. The van der Waals surface area contributed by atoms with E-state index in [1.54, 1.807) is 17.8 Å². The number of rotatable bonds is 9. The molecule has 0 radical (unpaired) electrons. The molecule has 4 heteroatoms. The molecule has 0 N–H and O–H groups in total. The fourth-order valence-electron chi connectivity index (χ4n) is 4.10. The molecule has 0 unspecified atom stereocenters. The Hall–Kier alpha value is -3.31. The highest BCUT2D eigenvalue weighted by Gasteiger charge is 2.37. The molecule has 0 fully saturated rings. The van der Waals surface area contributed by atoms with E-state index in [1.807, 2.05) is 42.5 Å². The lowest BCUT2D eigenvalue weighted by molar-refractivity contribution is -0.110. The first-order valence-electron chi connectivity index (χ1n) is 11.8. The maximum Gasteiger partial charge on any atom is 0.177 e. The summed E-state index contributed by atoms with van der Waals surface area (Å²) >= 11 is 1.64. The van der Waals surface area contributed by atoms with Crippen LogP contribution in [-0.4, -0.2) is 17.6 Å². The van der Waals surface area contributed by atoms with Gasteiger partial charge in [-0.3, -0.25) is 0 Å². The van der Waals surface area contributed by atoms with Crippen LogP contribution in [0.15, 0.2) is 133 Å². The summed E-state index contributed by atoms with van der Waals surface area (Å²) in [6.45, 7) is 4.89. The van der Waals surface area contributed by atoms with Crippen molar-refractivity contribution in [2.75, 3.05) is 0 Å². The second-order valence-electron chi connectivity index (χ2n) is 8.41. The van der Waals surface area contributed by atoms with Crippen LogP contribution in [-0.2, 0) is 27.4 Å². The topological polar surface area (TPSA) is 27.7 Å². The smallest absolute Gasteiger partial charge is 0.177 e. The van der Waals surface area contributed by atoms with Crippen molar-refractivity contribution in [2.24, 2.45) is 0 Å². The first-order chi connectivity index (χ1) is 17.3. The van der Waals surface area contributed by atoms with Gasteiger partial charge < -0.3 is 14.2 Å². The normalized spacial score (nSPS) is 19.7. The van der Waals surface area contributed by atoms with Crippen molar-refractivity contribution < 1.29 is 14.2 Å². The summed E-state index contributed by atoms with van der Waals surface area (Å²) in [5.41, 5.74) is 1.96. The molecule has 3 nitrogen and oxygen atoms in total. The van der Waals surface area contributed by atoms with Gasteiger partial charge in [0.05, 0.1) is 13.2 Å². The van der Waals surface area contributed by atoms with Crippen molar-refractivity contribution in [1.29, 1.82) is 0 Å². The standard InChI is InChI=1S/C31H28O3S/c1-2-27-20-29(32-22-24-17-18-25-13-9-10-14-26(25)19-24)30(33-21-23-11-5-3-6-12-23)31(34-27)35-28-15-7-4-8-16-28/h2-20,29-31H,1,21-22H2/t29-,30-,31+/m0/s1. The van der Waals surface area contributed by atoms with E-state index >= 15 is 0 Å². The lowest BCUT2D eigenvalue weighted by Crippen LogP contribution is -2.43. The molecule has 0 bridgehead atoms. The summed E-state index contributed by atoms with van der Waals surface area (Å²) in [5.74, 6) is 0.710. The molecule has 0 spiro atoms. The van der Waals surface area contributed by atoms with E-state index in [-0.39, 0.29) is 17.6 Å².